The third-order valence-corrected chi connectivity index (χ3v) is 4.54. The maximum atomic E-state index is 3.59. The Hall–Kier alpha value is -1.06. The molecule has 3 nitrogen and oxygen atoms in total. The smallest absolute Gasteiger partial charge is 0.0372 e. The van der Waals surface area contributed by atoms with E-state index in [2.05, 4.69) is 46.3 Å². The number of hydrogen-bond donors (Lipinski definition) is 1. The normalized spacial score (nSPS) is 24.8. The fourth-order valence-corrected chi connectivity index (χ4v) is 3.29. The molecule has 1 unspecified atom stereocenters. The number of likely N-dealkylation sites (N-methyl/N-ethyl adjacent to an activating group) is 1. The van der Waals surface area contributed by atoms with Gasteiger partial charge in [-0.1, -0.05) is 25.1 Å². The summed E-state index contributed by atoms with van der Waals surface area (Å²) in [4.78, 5) is 5.19. The van der Waals surface area contributed by atoms with E-state index in [9.17, 15) is 0 Å². The molecule has 3 rings (SSSR count). The Bertz CT molecular complexity index is 410. The van der Waals surface area contributed by atoms with Gasteiger partial charge in [-0.2, -0.15) is 0 Å². The van der Waals surface area contributed by atoms with Crippen molar-refractivity contribution in [1.29, 1.82) is 0 Å². The monoisotopic (exact) mass is 259 g/mol. The van der Waals surface area contributed by atoms with Gasteiger partial charge in [0.1, 0.15) is 0 Å². The average molecular weight is 259 g/mol. The number of rotatable bonds is 3. The molecule has 2 aliphatic rings. The number of hydrogen-bond acceptors (Lipinski definition) is 3. The van der Waals surface area contributed by atoms with Crippen LogP contribution in [0.2, 0.25) is 0 Å². The van der Waals surface area contributed by atoms with E-state index in [1.54, 1.807) is 0 Å². The van der Waals surface area contributed by atoms with E-state index in [-0.39, 0.29) is 0 Å². The Morgan fingerprint density at radius 3 is 2.63 bits per heavy atom. The van der Waals surface area contributed by atoms with E-state index in [1.807, 2.05) is 0 Å². The Labute approximate surface area is 116 Å². The molecule has 2 aliphatic heterocycles. The summed E-state index contributed by atoms with van der Waals surface area (Å²) in [6.45, 7) is 10.8. The van der Waals surface area contributed by atoms with E-state index in [0.29, 0.717) is 0 Å². The molecule has 1 saturated heterocycles. The van der Waals surface area contributed by atoms with Crippen LogP contribution in [0.3, 0.4) is 0 Å². The topological polar surface area (TPSA) is 18.5 Å². The molecular weight excluding hydrogens is 234 g/mol. The highest BCUT2D eigenvalue weighted by atomic mass is 15.3. The second-order valence-electron chi connectivity index (χ2n) is 5.84. The minimum atomic E-state index is 0.767. The number of anilines is 1. The zero-order valence-corrected chi connectivity index (χ0v) is 11.9. The molecule has 0 radical (unpaired) electrons. The molecule has 0 bridgehead atoms. The van der Waals surface area contributed by atoms with Gasteiger partial charge in [-0.05, 0) is 30.5 Å². The van der Waals surface area contributed by atoms with Crippen LogP contribution in [0.5, 0.6) is 0 Å². The second-order valence-corrected chi connectivity index (χ2v) is 5.84. The summed E-state index contributed by atoms with van der Waals surface area (Å²) in [5, 5.41) is 3.59. The van der Waals surface area contributed by atoms with Gasteiger partial charge in [0, 0.05) is 45.0 Å². The van der Waals surface area contributed by atoms with Crippen molar-refractivity contribution in [3.63, 3.8) is 0 Å². The summed E-state index contributed by atoms with van der Waals surface area (Å²) in [5.41, 5.74) is 2.83. The molecule has 104 valence electrons. The van der Waals surface area contributed by atoms with Crippen LogP contribution in [0.1, 0.15) is 12.5 Å². The van der Waals surface area contributed by atoms with E-state index < -0.39 is 0 Å². The average Bonchev–Trinajstić information content (AvgIpc) is 2.48. The van der Waals surface area contributed by atoms with Gasteiger partial charge in [0.15, 0.2) is 0 Å². The lowest BCUT2D eigenvalue weighted by atomic mass is 9.93. The van der Waals surface area contributed by atoms with Crippen LogP contribution in [-0.4, -0.2) is 55.6 Å². The van der Waals surface area contributed by atoms with Crippen molar-refractivity contribution in [2.45, 2.75) is 13.3 Å². The van der Waals surface area contributed by atoms with Gasteiger partial charge >= 0.3 is 0 Å². The Morgan fingerprint density at radius 2 is 1.84 bits per heavy atom. The number of para-hydroxylation sites is 1. The fourth-order valence-electron chi connectivity index (χ4n) is 3.29. The van der Waals surface area contributed by atoms with Gasteiger partial charge in [0.2, 0.25) is 0 Å². The van der Waals surface area contributed by atoms with E-state index >= 15 is 0 Å². The van der Waals surface area contributed by atoms with Crippen LogP contribution in [0.15, 0.2) is 24.3 Å². The van der Waals surface area contributed by atoms with Crippen molar-refractivity contribution in [2.24, 2.45) is 5.92 Å². The first-order chi connectivity index (χ1) is 9.35. The van der Waals surface area contributed by atoms with Crippen molar-refractivity contribution in [1.82, 2.24) is 9.80 Å². The van der Waals surface area contributed by atoms with Crippen LogP contribution in [0.4, 0.5) is 5.69 Å². The lowest BCUT2D eigenvalue weighted by molar-refractivity contribution is 0.123. The van der Waals surface area contributed by atoms with Gasteiger partial charge in [-0.15, -0.1) is 0 Å². The number of nitrogens with zero attached hydrogens (tertiary/aromatic N) is 2. The highest BCUT2D eigenvalue weighted by molar-refractivity contribution is 5.53. The van der Waals surface area contributed by atoms with Gasteiger partial charge in [0.05, 0.1) is 0 Å². The minimum absolute atomic E-state index is 0.767. The van der Waals surface area contributed by atoms with Crippen LogP contribution in [0, 0.1) is 5.92 Å². The molecule has 1 atom stereocenters. The lowest BCUT2D eigenvalue weighted by Crippen LogP contribution is -2.48. The van der Waals surface area contributed by atoms with Gasteiger partial charge < -0.3 is 15.1 Å². The largest absolute Gasteiger partial charge is 0.384 e. The van der Waals surface area contributed by atoms with Crippen LogP contribution < -0.4 is 5.32 Å². The Morgan fingerprint density at radius 1 is 1.11 bits per heavy atom. The number of fused-ring (bicyclic) bond motifs is 1. The molecular formula is C16H25N3. The molecule has 0 aromatic heterocycles. The molecule has 1 aromatic rings. The van der Waals surface area contributed by atoms with Crippen molar-refractivity contribution < 1.29 is 0 Å². The summed E-state index contributed by atoms with van der Waals surface area (Å²) in [6.07, 6.45) is 1.23. The number of benzene rings is 1. The molecule has 1 N–H and O–H groups in total. The van der Waals surface area contributed by atoms with Crippen LogP contribution in [-0.2, 0) is 6.42 Å². The first kappa shape index (κ1) is 12.9. The quantitative estimate of drug-likeness (QED) is 0.894. The van der Waals surface area contributed by atoms with Crippen molar-refractivity contribution in [2.75, 3.05) is 51.1 Å². The Kier molecular flexibility index (Phi) is 4.04. The maximum Gasteiger partial charge on any atom is 0.0372 e. The zero-order chi connectivity index (χ0) is 13.1. The molecule has 0 aliphatic carbocycles. The standard InChI is InChI=1S/C16H25N3/c1-2-18-7-9-19(10-8-18)13-14-11-15-5-3-4-6-16(15)17-12-14/h3-6,14,17H,2,7-13H2,1H3. The van der Waals surface area contributed by atoms with Crippen molar-refractivity contribution in [3.8, 4) is 0 Å². The van der Waals surface area contributed by atoms with Crippen molar-refractivity contribution in [3.05, 3.63) is 29.8 Å². The first-order valence-corrected chi connectivity index (χ1v) is 7.61. The summed E-state index contributed by atoms with van der Waals surface area (Å²) in [7, 11) is 0. The predicted molar refractivity (Wildman–Crippen MR) is 80.7 cm³/mol. The highest BCUT2D eigenvalue weighted by Gasteiger charge is 2.22. The van der Waals surface area contributed by atoms with Gasteiger partial charge in [-0.3, -0.25) is 0 Å². The Balaban J connectivity index is 1.52. The molecule has 2 heterocycles. The van der Waals surface area contributed by atoms with Gasteiger partial charge in [-0.25, -0.2) is 0 Å². The SMILES string of the molecule is CCN1CCN(CC2CNc3ccccc3C2)CC1. The molecule has 3 heteroatoms. The van der Waals surface area contributed by atoms with Crippen LogP contribution in [0.25, 0.3) is 0 Å². The third kappa shape index (κ3) is 3.10. The predicted octanol–water partition coefficient (Wildman–Crippen LogP) is 1.91. The molecule has 0 spiro atoms. The maximum absolute atomic E-state index is 3.59. The fraction of sp³-hybridized carbons (Fsp3) is 0.625. The summed E-state index contributed by atoms with van der Waals surface area (Å²) >= 11 is 0. The summed E-state index contributed by atoms with van der Waals surface area (Å²) in [6, 6.07) is 8.74. The molecule has 0 saturated carbocycles. The second kappa shape index (κ2) is 5.93. The van der Waals surface area contributed by atoms with Gasteiger partial charge in [0.25, 0.3) is 0 Å². The zero-order valence-electron chi connectivity index (χ0n) is 11.9. The first-order valence-electron chi connectivity index (χ1n) is 7.61. The molecule has 1 fully saturated rings. The summed E-state index contributed by atoms with van der Waals surface area (Å²) in [5.74, 6) is 0.767. The summed E-state index contributed by atoms with van der Waals surface area (Å²) < 4.78 is 0. The number of nitrogens with one attached hydrogen (secondary N) is 1. The molecule has 1 aromatic carbocycles. The van der Waals surface area contributed by atoms with E-state index in [0.717, 1.165) is 12.5 Å². The highest BCUT2D eigenvalue weighted by Crippen LogP contribution is 2.24. The molecule has 19 heavy (non-hydrogen) atoms. The van der Waals surface area contributed by atoms with Crippen LogP contribution >= 0.6 is 0 Å². The van der Waals surface area contributed by atoms with E-state index in [1.165, 1.54) is 56.9 Å². The third-order valence-electron chi connectivity index (χ3n) is 4.54. The number of piperazine rings is 1. The lowest BCUT2D eigenvalue weighted by Gasteiger charge is -2.37. The van der Waals surface area contributed by atoms with Crippen molar-refractivity contribution >= 4 is 5.69 Å². The van der Waals surface area contributed by atoms with E-state index in [4.69, 9.17) is 0 Å². The molecule has 0 amide bonds. The minimum Gasteiger partial charge on any atom is -0.384 e.